The number of aliphatic hydroxyl groups excluding tert-OH is 1. The molecular weight excluding hydrogens is 402 g/mol. The van der Waals surface area contributed by atoms with Crippen molar-refractivity contribution in [3.63, 3.8) is 0 Å². The fraction of sp³-hybridized carbons (Fsp3) is 0.429. The van der Waals surface area contributed by atoms with Gasteiger partial charge in [0.2, 0.25) is 0 Å². The van der Waals surface area contributed by atoms with E-state index in [0.29, 0.717) is 49.8 Å². The average Bonchev–Trinajstić information content (AvgIpc) is 2.74. The standard InChI is InChI=1S/C21H26F2N2O3.ClH/c1-27-18-8-7-17(13-19(18)28-14-16-5-3-2-4-6-16)20(21(22,23)15-26)25-11-9-24-10-12-25;/h2-8,13,20,24,26H,9-12,14-15H2,1H3;1H/t20-;/m1./s1. The molecule has 29 heavy (non-hydrogen) atoms. The number of ether oxygens (including phenoxy) is 2. The number of benzene rings is 2. The molecule has 3 rings (SSSR count). The van der Waals surface area contributed by atoms with Crippen molar-refractivity contribution >= 4 is 12.4 Å². The first-order chi connectivity index (χ1) is 13.5. The van der Waals surface area contributed by atoms with Crippen molar-refractivity contribution in [2.75, 3.05) is 39.9 Å². The maximum absolute atomic E-state index is 14.7. The van der Waals surface area contributed by atoms with Gasteiger partial charge in [-0.15, -0.1) is 12.4 Å². The van der Waals surface area contributed by atoms with E-state index in [1.54, 1.807) is 23.1 Å². The Balaban J connectivity index is 0.00000300. The van der Waals surface area contributed by atoms with Crippen molar-refractivity contribution in [1.82, 2.24) is 10.2 Å². The topological polar surface area (TPSA) is 54.0 Å². The minimum absolute atomic E-state index is 0. The lowest BCUT2D eigenvalue weighted by atomic mass is 9.97. The highest BCUT2D eigenvalue weighted by Crippen LogP contribution is 2.40. The van der Waals surface area contributed by atoms with Crippen molar-refractivity contribution in [3.05, 3.63) is 59.7 Å². The minimum atomic E-state index is -3.28. The fourth-order valence-electron chi connectivity index (χ4n) is 3.46. The zero-order valence-electron chi connectivity index (χ0n) is 16.3. The molecule has 1 saturated heterocycles. The van der Waals surface area contributed by atoms with E-state index in [4.69, 9.17) is 9.47 Å². The molecule has 0 bridgehead atoms. The Labute approximate surface area is 176 Å². The highest BCUT2D eigenvalue weighted by Gasteiger charge is 2.44. The van der Waals surface area contributed by atoms with Gasteiger partial charge in [0.25, 0.3) is 5.92 Å². The zero-order valence-corrected chi connectivity index (χ0v) is 17.1. The third-order valence-corrected chi connectivity index (χ3v) is 4.87. The van der Waals surface area contributed by atoms with Gasteiger partial charge in [0.15, 0.2) is 11.5 Å². The van der Waals surface area contributed by atoms with Gasteiger partial charge < -0.3 is 19.9 Å². The zero-order chi connectivity index (χ0) is 20.0. The quantitative estimate of drug-likeness (QED) is 0.676. The molecule has 1 fully saturated rings. The summed E-state index contributed by atoms with van der Waals surface area (Å²) in [6.07, 6.45) is 0. The number of nitrogens with zero attached hydrogens (tertiary/aromatic N) is 1. The van der Waals surface area contributed by atoms with Crippen LogP contribution in [-0.4, -0.2) is 55.8 Å². The molecule has 5 nitrogen and oxygen atoms in total. The number of rotatable bonds is 8. The van der Waals surface area contributed by atoms with Gasteiger partial charge in [-0.2, -0.15) is 0 Å². The largest absolute Gasteiger partial charge is 0.493 e. The van der Waals surface area contributed by atoms with Crippen LogP contribution in [0.4, 0.5) is 8.78 Å². The lowest BCUT2D eigenvalue weighted by molar-refractivity contribution is -0.118. The number of aliphatic hydroxyl groups is 1. The van der Waals surface area contributed by atoms with E-state index in [1.165, 1.54) is 7.11 Å². The number of alkyl halides is 2. The summed E-state index contributed by atoms with van der Waals surface area (Å²) >= 11 is 0. The molecule has 0 unspecified atom stereocenters. The van der Waals surface area contributed by atoms with Crippen LogP contribution in [0.5, 0.6) is 11.5 Å². The number of nitrogens with one attached hydrogen (secondary N) is 1. The Hall–Kier alpha value is -1.93. The lowest BCUT2D eigenvalue weighted by Crippen LogP contribution is -2.51. The first-order valence-corrected chi connectivity index (χ1v) is 9.33. The van der Waals surface area contributed by atoms with E-state index in [9.17, 15) is 13.9 Å². The molecule has 0 spiro atoms. The number of methoxy groups -OCH3 is 1. The second kappa shape index (κ2) is 10.7. The van der Waals surface area contributed by atoms with Crippen molar-refractivity contribution < 1.29 is 23.4 Å². The highest BCUT2D eigenvalue weighted by atomic mass is 35.5. The van der Waals surface area contributed by atoms with Crippen LogP contribution >= 0.6 is 12.4 Å². The van der Waals surface area contributed by atoms with E-state index in [1.807, 2.05) is 30.3 Å². The van der Waals surface area contributed by atoms with Gasteiger partial charge in [0.05, 0.1) is 7.11 Å². The molecule has 0 aliphatic carbocycles. The van der Waals surface area contributed by atoms with Gasteiger partial charge in [-0.3, -0.25) is 4.90 Å². The summed E-state index contributed by atoms with van der Waals surface area (Å²) in [5.41, 5.74) is 1.36. The van der Waals surface area contributed by atoms with Crippen molar-refractivity contribution in [2.24, 2.45) is 0 Å². The fourth-order valence-corrected chi connectivity index (χ4v) is 3.46. The molecule has 1 atom stereocenters. The number of hydrogen-bond donors (Lipinski definition) is 2. The van der Waals surface area contributed by atoms with E-state index in [2.05, 4.69) is 5.32 Å². The molecule has 2 aromatic rings. The minimum Gasteiger partial charge on any atom is -0.493 e. The van der Waals surface area contributed by atoms with Crippen LogP contribution in [0, 0.1) is 0 Å². The summed E-state index contributed by atoms with van der Waals surface area (Å²) in [6.45, 7) is 1.30. The molecule has 1 aliphatic heterocycles. The number of piperazine rings is 1. The molecule has 0 aromatic heterocycles. The Bertz CT molecular complexity index is 759. The van der Waals surface area contributed by atoms with E-state index in [0.717, 1.165) is 5.56 Å². The summed E-state index contributed by atoms with van der Waals surface area (Å²) < 4.78 is 40.6. The maximum atomic E-state index is 14.7. The van der Waals surface area contributed by atoms with Gasteiger partial charge in [-0.05, 0) is 23.3 Å². The summed E-state index contributed by atoms with van der Waals surface area (Å²) in [5, 5.41) is 12.5. The van der Waals surface area contributed by atoms with Crippen molar-refractivity contribution in [3.8, 4) is 11.5 Å². The summed E-state index contributed by atoms with van der Waals surface area (Å²) in [5.74, 6) is -2.40. The van der Waals surface area contributed by atoms with Crippen molar-refractivity contribution in [2.45, 2.75) is 18.6 Å². The summed E-state index contributed by atoms with van der Waals surface area (Å²) in [4.78, 5) is 1.70. The Kier molecular flexibility index (Phi) is 8.64. The first-order valence-electron chi connectivity index (χ1n) is 9.33. The second-order valence-corrected chi connectivity index (χ2v) is 6.79. The molecule has 160 valence electrons. The number of hydrogen-bond acceptors (Lipinski definition) is 5. The van der Waals surface area contributed by atoms with Gasteiger partial charge in [0.1, 0.15) is 19.3 Å². The van der Waals surface area contributed by atoms with Crippen LogP contribution in [0.1, 0.15) is 17.2 Å². The molecule has 8 heteroatoms. The molecule has 1 aliphatic rings. The molecule has 0 saturated carbocycles. The van der Waals surface area contributed by atoms with Crippen LogP contribution in [-0.2, 0) is 6.61 Å². The molecule has 0 radical (unpaired) electrons. The normalized spacial score (nSPS) is 16.0. The van der Waals surface area contributed by atoms with Gasteiger partial charge in [0, 0.05) is 26.2 Å². The molecule has 1 heterocycles. The van der Waals surface area contributed by atoms with Gasteiger partial charge in [-0.1, -0.05) is 36.4 Å². The summed E-state index contributed by atoms with van der Waals surface area (Å²) in [6, 6.07) is 13.2. The molecule has 2 N–H and O–H groups in total. The second-order valence-electron chi connectivity index (χ2n) is 6.79. The van der Waals surface area contributed by atoms with E-state index in [-0.39, 0.29) is 12.4 Å². The SMILES string of the molecule is COc1ccc([C@@H](N2CCNCC2)C(F)(F)CO)cc1OCc1ccccc1.Cl. The first kappa shape index (κ1) is 23.3. The highest BCUT2D eigenvalue weighted by molar-refractivity contribution is 5.85. The predicted octanol–water partition coefficient (Wildman–Crippen LogP) is 3.27. The van der Waals surface area contributed by atoms with Crippen LogP contribution in [0.3, 0.4) is 0 Å². The molecular formula is C21H27ClF2N2O3. The lowest BCUT2D eigenvalue weighted by Gasteiger charge is -2.38. The van der Waals surface area contributed by atoms with E-state index < -0.39 is 18.6 Å². The van der Waals surface area contributed by atoms with Crippen LogP contribution < -0.4 is 14.8 Å². The Morgan fingerprint density at radius 1 is 1.10 bits per heavy atom. The maximum Gasteiger partial charge on any atom is 0.289 e. The Morgan fingerprint density at radius 2 is 1.79 bits per heavy atom. The smallest absolute Gasteiger partial charge is 0.289 e. The monoisotopic (exact) mass is 428 g/mol. The van der Waals surface area contributed by atoms with Gasteiger partial charge >= 0.3 is 0 Å². The summed E-state index contributed by atoms with van der Waals surface area (Å²) in [7, 11) is 1.51. The predicted molar refractivity (Wildman–Crippen MR) is 110 cm³/mol. The molecule has 0 amide bonds. The molecule has 2 aromatic carbocycles. The van der Waals surface area contributed by atoms with Crippen LogP contribution in [0.2, 0.25) is 0 Å². The van der Waals surface area contributed by atoms with E-state index >= 15 is 0 Å². The van der Waals surface area contributed by atoms with Crippen LogP contribution in [0.15, 0.2) is 48.5 Å². The Morgan fingerprint density at radius 3 is 2.41 bits per heavy atom. The average molecular weight is 429 g/mol. The number of halogens is 3. The third kappa shape index (κ3) is 5.79. The van der Waals surface area contributed by atoms with Crippen molar-refractivity contribution in [1.29, 1.82) is 0 Å². The van der Waals surface area contributed by atoms with Gasteiger partial charge in [-0.25, -0.2) is 8.78 Å². The third-order valence-electron chi connectivity index (χ3n) is 4.87. The van der Waals surface area contributed by atoms with Crippen LogP contribution in [0.25, 0.3) is 0 Å².